The van der Waals surface area contributed by atoms with Crippen molar-refractivity contribution in [2.45, 2.75) is 59.7 Å². The summed E-state index contributed by atoms with van der Waals surface area (Å²) in [4.78, 5) is 5.63. The van der Waals surface area contributed by atoms with E-state index in [2.05, 4.69) is 53.5 Å². The van der Waals surface area contributed by atoms with Crippen molar-refractivity contribution < 1.29 is 4.42 Å². The molecule has 0 aromatic carbocycles. The van der Waals surface area contributed by atoms with E-state index in [1.807, 2.05) is 13.8 Å². The monoisotopic (exact) mass is 309 g/mol. The number of hydrogen-bond donors (Lipinski definition) is 2. The second-order valence-electron chi connectivity index (χ2n) is 6.15. The molecule has 0 amide bonds. The van der Waals surface area contributed by atoms with Crippen molar-refractivity contribution in [2.24, 2.45) is 0 Å². The van der Waals surface area contributed by atoms with Crippen molar-refractivity contribution in [1.29, 1.82) is 0 Å². The fourth-order valence-electron chi connectivity index (χ4n) is 1.92. The molecule has 0 radical (unpaired) electrons. The van der Waals surface area contributed by atoms with Gasteiger partial charge < -0.3 is 15.1 Å². The highest BCUT2D eigenvalue weighted by molar-refractivity contribution is 7.11. The second-order valence-corrected chi connectivity index (χ2v) is 7.39. The van der Waals surface area contributed by atoms with Gasteiger partial charge in [-0.1, -0.05) is 5.10 Å². The maximum Gasteiger partial charge on any atom is 0.316 e. The molecule has 116 valence electrons. The summed E-state index contributed by atoms with van der Waals surface area (Å²) < 4.78 is 5.61. The van der Waals surface area contributed by atoms with Crippen LogP contribution in [0.3, 0.4) is 0 Å². The lowest BCUT2D eigenvalue weighted by Gasteiger charge is -2.18. The summed E-state index contributed by atoms with van der Waals surface area (Å²) in [6.07, 6.45) is 0. The lowest BCUT2D eigenvalue weighted by atomic mass is 10.1. The highest BCUT2D eigenvalue weighted by Gasteiger charge is 2.16. The van der Waals surface area contributed by atoms with Gasteiger partial charge in [-0.3, -0.25) is 0 Å². The highest BCUT2D eigenvalue weighted by Crippen LogP contribution is 2.27. The van der Waals surface area contributed by atoms with E-state index in [0.29, 0.717) is 18.5 Å². The minimum atomic E-state index is 0.0205. The Balaban J connectivity index is 1.97. The van der Waals surface area contributed by atoms with Gasteiger partial charge in [0.05, 0.1) is 23.3 Å². The molecule has 6 nitrogen and oxygen atoms in total. The Morgan fingerprint density at radius 3 is 2.52 bits per heavy atom. The van der Waals surface area contributed by atoms with E-state index >= 15 is 0 Å². The van der Waals surface area contributed by atoms with Crippen LogP contribution in [0.4, 0.5) is 6.01 Å². The number of nitrogens with zero attached hydrogens (tertiary/aromatic N) is 3. The van der Waals surface area contributed by atoms with Gasteiger partial charge >= 0.3 is 6.01 Å². The predicted octanol–water partition coefficient (Wildman–Crippen LogP) is 3.20. The fourth-order valence-corrected chi connectivity index (χ4v) is 2.85. The van der Waals surface area contributed by atoms with Gasteiger partial charge in [-0.2, -0.15) is 0 Å². The standard InChI is InChI=1S/C14H23N5OS/c1-8-12(21-10(3)16-8)9(2)17-13-19-18-11(20-13)7-15-14(4,5)6/h9,15H,7H2,1-6H3,(H,17,19). The molecule has 0 aliphatic heterocycles. The minimum absolute atomic E-state index is 0.0205. The van der Waals surface area contributed by atoms with E-state index in [1.54, 1.807) is 11.3 Å². The molecule has 0 spiro atoms. The van der Waals surface area contributed by atoms with E-state index in [9.17, 15) is 0 Å². The molecule has 7 heteroatoms. The third-order valence-corrected chi connectivity index (χ3v) is 4.17. The molecule has 0 bridgehead atoms. The summed E-state index contributed by atoms with van der Waals surface area (Å²) in [7, 11) is 0. The summed E-state index contributed by atoms with van der Waals surface area (Å²) in [5, 5.41) is 15.7. The Morgan fingerprint density at radius 1 is 1.24 bits per heavy atom. The summed E-state index contributed by atoms with van der Waals surface area (Å²) in [6, 6.07) is 0.540. The number of aryl methyl sites for hydroxylation is 2. The van der Waals surface area contributed by atoms with E-state index in [4.69, 9.17) is 4.42 Å². The SMILES string of the molecule is Cc1nc(C)c(C(C)Nc2nnc(CNC(C)(C)C)o2)s1. The summed E-state index contributed by atoms with van der Waals surface area (Å²) >= 11 is 1.69. The number of aromatic nitrogens is 3. The van der Waals surface area contributed by atoms with E-state index in [1.165, 1.54) is 4.88 Å². The van der Waals surface area contributed by atoms with Crippen LogP contribution in [0.5, 0.6) is 0 Å². The average Bonchev–Trinajstić information content (AvgIpc) is 2.92. The van der Waals surface area contributed by atoms with Gasteiger partial charge in [0.1, 0.15) is 0 Å². The van der Waals surface area contributed by atoms with Crippen LogP contribution in [-0.4, -0.2) is 20.7 Å². The van der Waals surface area contributed by atoms with Crippen molar-refractivity contribution in [3.05, 3.63) is 21.5 Å². The molecule has 0 aliphatic rings. The Kier molecular flexibility index (Phi) is 4.63. The molecule has 21 heavy (non-hydrogen) atoms. The number of anilines is 1. The van der Waals surface area contributed by atoms with E-state index < -0.39 is 0 Å². The first-order chi connectivity index (χ1) is 9.74. The molecule has 2 N–H and O–H groups in total. The first kappa shape index (κ1) is 15.9. The molecule has 2 rings (SSSR count). The maximum absolute atomic E-state index is 5.61. The van der Waals surface area contributed by atoms with Crippen LogP contribution in [0.2, 0.25) is 0 Å². The van der Waals surface area contributed by atoms with Crippen LogP contribution in [0.25, 0.3) is 0 Å². The molecule has 0 saturated heterocycles. The van der Waals surface area contributed by atoms with E-state index in [0.717, 1.165) is 10.7 Å². The summed E-state index contributed by atoms with van der Waals surface area (Å²) in [5.74, 6) is 0.580. The van der Waals surface area contributed by atoms with Crippen molar-refractivity contribution in [2.75, 3.05) is 5.32 Å². The zero-order valence-corrected chi connectivity index (χ0v) is 14.3. The Bertz CT molecular complexity index is 599. The molecule has 0 fully saturated rings. The molecule has 1 atom stereocenters. The minimum Gasteiger partial charge on any atom is -0.407 e. The molecule has 0 aliphatic carbocycles. The molecule has 1 unspecified atom stereocenters. The normalized spacial score (nSPS) is 13.4. The summed E-state index contributed by atoms with van der Waals surface area (Å²) in [6.45, 7) is 12.9. The van der Waals surface area contributed by atoms with Gasteiger partial charge in [0.2, 0.25) is 5.89 Å². The van der Waals surface area contributed by atoms with Gasteiger partial charge in [-0.25, -0.2) is 4.98 Å². The number of rotatable bonds is 5. The third-order valence-electron chi connectivity index (χ3n) is 2.91. The number of thiazole rings is 1. The van der Waals surface area contributed by atoms with Crippen LogP contribution in [0, 0.1) is 13.8 Å². The first-order valence-electron chi connectivity index (χ1n) is 7.02. The molecular weight excluding hydrogens is 286 g/mol. The topological polar surface area (TPSA) is 75.9 Å². The van der Waals surface area contributed by atoms with Gasteiger partial charge in [0, 0.05) is 10.4 Å². The Labute approximate surface area is 129 Å². The lowest BCUT2D eigenvalue weighted by molar-refractivity contribution is 0.383. The van der Waals surface area contributed by atoms with Crippen molar-refractivity contribution in [1.82, 2.24) is 20.5 Å². The molecular formula is C14H23N5OS. The predicted molar refractivity (Wildman–Crippen MR) is 84.5 cm³/mol. The van der Waals surface area contributed by atoms with Crippen LogP contribution in [0.15, 0.2) is 4.42 Å². The van der Waals surface area contributed by atoms with Gasteiger partial charge in [0.25, 0.3) is 0 Å². The number of hydrogen-bond acceptors (Lipinski definition) is 7. The Hall–Kier alpha value is -1.47. The van der Waals surface area contributed by atoms with Crippen molar-refractivity contribution in [3.63, 3.8) is 0 Å². The van der Waals surface area contributed by atoms with Gasteiger partial charge in [0.15, 0.2) is 0 Å². The highest BCUT2D eigenvalue weighted by atomic mass is 32.1. The third kappa shape index (κ3) is 4.50. The van der Waals surface area contributed by atoms with Crippen LogP contribution in [0.1, 0.15) is 55.2 Å². The second kappa shape index (κ2) is 6.11. The van der Waals surface area contributed by atoms with Crippen LogP contribution in [-0.2, 0) is 6.54 Å². The van der Waals surface area contributed by atoms with Gasteiger partial charge in [-0.05, 0) is 41.5 Å². The van der Waals surface area contributed by atoms with Gasteiger partial charge in [-0.15, -0.1) is 16.4 Å². The average molecular weight is 309 g/mol. The van der Waals surface area contributed by atoms with E-state index in [-0.39, 0.29) is 11.6 Å². The zero-order chi connectivity index (χ0) is 15.6. The molecule has 0 saturated carbocycles. The van der Waals surface area contributed by atoms with Crippen LogP contribution >= 0.6 is 11.3 Å². The summed E-state index contributed by atoms with van der Waals surface area (Å²) in [5.41, 5.74) is 1.07. The Morgan fingerprint density at radius 2 is 1.95 bits per heavy atom. The first-order valence-corrected chi connectivity index (χ1v) is 7.84. The van der Waals surface area contributed by atoms with Crippen molar-refractivity contribution in [3.8, 4) is 0 Å². The largest absolute Gasteiger partial charge is 0.407 e. The molecule has 2 heterocycles. The number of nitrogens with one attached hydrogen (secondary N) is 2. The van der Waals surface area contributed by atoms with Crippen molar-refractivity contribution >= 4 is 17.4 Å². The molecule has 2 aromatic rings. The maximum atomic E-state index is 5.61. The fraction of sp³-hybridized carbons (Fsp3) is 0.643. The zero-order valence-electron chi connectivity index (χ0n) is 13.4. The molecule has 2 aromatic heterocycles. The lowest BCUT2D eigenvalue weighted by Crippen LogP contribution is -2.35. The van der Waals surface area contributed by atoms with Crippen LogP contribution < -0.4 is 10.6 Å². The smallest absolute Gasteiger partial charge is 0.316 e. The quantitative estimate of drug-likeness (QED) is 0.883.